The van der Waals surface area contributed by atoms with Crippen LogP contribution in [0, 0.1) is 5.41 Å². The molecule has 16 heavy (non-hydrogen) atoms. The highest BCUT2D eigenvalue weighted by atomic mass is 16.4. The van der Waals surface area contributed by atoms with Crippen molar-refractivity contribution in [2.24, 2.45) is 5.41 Å². The van der Waals surface area contributed by atoms with Gasteiger partial charge in [0.2, 0.25) is 0 Å². The van der Waals surface area contributed by atoms with Crippen LogP contribution in [0.3, 0.4) is 0 Å². The van der Waals surface area contributed by atoms with Crippen molar-refractivity contribution in [1.82, 2.24) is 5.32 Å². The molecule has 3 heteroatoms. The molecule has 0 aromatic carbocycles. The van der Waals surface area contributed by atoms with Crippen LogP contribution in [0.25, 0.3) is 0 Å². The maximum Gasteiger partial charge on any atom is 0.133 e. The molecule has 1 heterocycles. The highest BCUT2D eigenvalue weighted by Gasteiger charge is 2.34. The molecule has 0 saturated heterocycles. The van der Waals surface area contributed by atoms with E-state index in [0.717, 1.165) is 0 Å². The number of aliphatic hydroxyl groups is 1. The van der Waals surface area contributed by atoms with Crippen LogP contribution in [0.2, 0.25) is 0 Å². The van der Waals surface area contributed by atoms with Crippen LogP contribution in [0.4, 0.5) is 0 Å². The Kier molecular flexibility index (Phi) is 3.36. The topological polar surface area (TPSA) is 45.4 Å². The summed E-state index contributed by atoms with van der Waals surface area (Å²) in [6.45, 7) is 5.15. The predicted octanol–water partition coefficient (Wildman–Crippen LogP) is 2.48. The first-order valence-electron chi connectivity index (χ1n) is 6.04. The number of rotatable bonds is 4. The lowest BCUT2D eigenvalue weighted by molar-refractivity contribution is 0.135. The van der Waals surface area contributed by atoms with Gasteiger partial charge in [0.25, 0.3) is 0 Å². The summed E-state index contributed by atoms with van der Waals surface area (Å²) in [4.78, 5) is 0. The zero-order valence-corrected chi connectivity index (χ0v) is 10.1. The summed E-state index contributed by atoms with van der Waals surface area (Å²) in [6.07, 6.45) is 4.81. The van der Waals surface area contributed by atoms with E-state index in [1.54, 1.807) is 12.3 Å². The van der Waals surface area contributed by atoms with E-state index >= 15 is 0 Å². The fourth-order valence-electron chi connectivity index (χ4n) is 2.54. The normalized spacial score (nSPS) is 25.8. The molecule has 2 N–H and O–H groups in total. The minimum absolute atomic E-state index is 0.350. The largest absolute Gasteiger partial charge is 0.467 e. The Balaban J connectivity index is 1.83. The van der Waals surface area contributed by atoms with E-state index in [9.17, 15) is 5.11 Å². The Morgan fingerprint density at radius 3 is 3.00 bits per heavy atom. The number of nitrogens with one attached hydrogen (secondary N) is 1. The summed E-state index contributed by atoms with van der Waals surface area (Å²) in [5.41, 5.74) is 0.350. The number of hydrogen-bond acceptors (Lipinski definition) is 3. The van der Waals surface area contributed by atoms with Crippen molar-refractivity contribution in [2.75, 3.05) is 6.54 Å². The van der Waals surface area contributed by atoms with Crippen LogP contribution in [-0.2, 0) is 0 Å². The Hall–Kier alpha value is -0.800. The summed E-state index contributed by atoms with van der Waals surface area (Å²) in [5.74, 6) is 0.642. The number of hydrogen-bond donors (Lipinski definition) is 2. The molecule has 0 aliphatic heterocycles. The third-order valence-corrected chi connectivity index (χ3v) is 3.69. The minimum atomic E-state index is -0.536. The second-order valence-corrected chi connectivity index (χ2v) is 5.37. The van der Waals surface area contributed by atoms with Gasteiger partial charge in [-0.3, -0.25) is 0 Å². The van der Waals surface area contributed by atoms with Crippen LogP contribution in [0.15, 0.2) is 22.8 Å². The molecule has 0 bridgehead atoms. The van der Waals surface area contributed by atoms with Gasteiger partial charge in [-0.2, -0.15) is 0 Å². The van der Waals surface area contributed by atoms with E-state index in [-0.39, 0.29) is 0 Å². The minimum Gasteiger partial charge on any atom is -0.467 e. The van der Waals surface area contributed by atoms with E-state index < -0.39 is 6.10 Å². The molecule has 1 saturated carbocycles. The van der Waals surface area contributed by atoms with Crippen LogP contribution < -0.4 is 5.32 Å². The molecule has 1 aliphatic rings. The molecule has 1 aliphatic carbocycles. The number of aliphatic hydroxyl groups excluding tert-OH is 1. The standard InChI is InChI=1S/C13H21NO2/c1-13(2)7-3-6-12(13)14-9-10(15)11-5-4-8-16-11/h4-5,8,10,12,14-15H,3,6-7,9H2,1-2H3. The predicted molar refractivity (Wildman–Crippen MR) is 63.1 cm³/mol. The lowest BCUT2D eigenvalue weighted by atomic mass is 9.87. The molecule has 0 radical (unpaired) electrons. The van der Waals surface area contributed by atoms with Crippen molar-refractivity contribution >= 4 is 0 Å². The third kappa shape index (κ3) is 2.47. The van der Waals surface area contributed by atoms with Gasteiger partial charge in [-0.25, -0.2) is 0 Å². The average molecular weight is 223 g/mol. The average Bonchev–Trinajstić information content (AvgIpc) is 2.83. The summed E-state index contributed by atoms with van der Waals surface area (Å²) >= 11 is 0. The summed E-state index contributed by atoms with van der Waals surface area (Å²) in [7, 11) is 0. The third-order valence-electron chi connectivity index (χ3n) is 3.69. The molecule has 0 amide bonds. The second-order valence-electron chi connectivity index (χ2n) is 5.37. The zero-order valence-electron chi connectivity index (χ0n) is 10.1. The van der Waals surface area contributed by atoms with Crippen molar-refractivity contribution in [2.45, 2.75) is 45.3 Å². The zero-order chi connectivity index (χ0) is 11.6. The molecule has 0 spiro atoms. The Bertz CT molecular complexity index is 319. The van der Waals surface area contributed by atoms with Gasteiger partial charge in [-0.15, -0.1) is 0 Å². The quantitative estimate of drug-likeness (QED) is 0.824. The SMILES string of the molecule is CC1(C)CCCC1NCC(O)c1ccco1. The van der Waals surface area contributed by atoms with Crippen LogP contribution in [0.1, 0.15) is 45.0 Å². The Morgan fingerprint density at radius 1 is 1.62 bits per heavy atom. The summed E-state index contributed by atoms with van der Waals surface area (Å²) in [5, 5.41) is 13.3. The second kappa shape index (κ2) is 4.60. The molecule has 3 nitrogen and oxygen atoms in total. The van der Waals surface area contributed by atoms with E-state index in [0.29, 0.717) is 23.8 Å². The van der Waals surface area contributed by atoms with Crippen LogP contribution in [0.5, 0.6) is 0 Å². The van der Waals surface area contributed by atoms with Gasteiger partial charge in [0.15, 0.2) is 0 Å². The van der Waals surface area contributed by atoms with Crippen molar-refractivity contribution in [3.05, 3.63) is 24.2 Å². The van der Waals surface area contributed by atoms with E-state index in [1.165, 1.54) is 19.3 Å². The molecule has 2 atom stereocenters. The van der Waals surface area contributed by atoms with Crippen molar-refractivity contribution < 1.29 is 9.52 Å². The summed E-state index contributed by atoms with van der Waals surface area (Å²) < 4.78 is 5.17. The molecule has 2 rings (SSSR count). The van der Waals surface area contributed by atoms with Crippen LogP contribution >= 0.6 is 0 Å². The Morgan fingerprint density at radius 2 is 2.44 bits per heavy atom. The van der Waals surface area contributed by atoms with E-state index in [2.05, 4.69) is 19.2 Å². The monoisotopic (exact) mass is 223 g/mol. The highest BCUT2D eigenvalue weighted by molar-refractivity contribution is 5.02. The Labute approximate surface area is 96.8 Å². The first-order chi connectivity index (χ1) is 7.59. The van der Waals surface area contributed by atoms with Gasteiger partial charge in [0.1, 0.15) is 11.9 Å². The fraction of sp³-hybridized carbons (Fsp3) is 0.692. The van der Waals surface area contributed by atoms with Crippen molar-refractivity contribution in [3.8, 4) is 0 Å². The van der Waals surface area contributed by atoms with Gasteiger partial charge in [-0.05, 0) is 30.4 Å². The van der Waals surface area contributed by atoms with Crippen molar-refractivity contribution in [3.63, 3.8) is 0 Å². The lowest BCUT2D eigenvalue weighted by Crippen LogP contribution is -2.39. The van der Waals surface area contributed by atoms with Gasteiger partial charge in [0.05, 0.1) is 6.26 Å². The molecular formula is C13H21NO2. The van der Waals surface area contributed by atoms with Gasteiger partial charge in [0, 0.05) is 12.6 Å². The maximum absolute atomic E-state index is 9.88. The molecular weight excluding hydrogens is 202 g/mol. The highest BCUT2D eigenvalue weighted by Crippen LogP contribution is 2.37. The van der Waals surface area contributed by atoms with E-state index in [4.69, 9.17) is 4.42 Å². The molecule has 1 fully saturated rings. The van der Waals surface area contributed by atoms with Gasteiger partial charge in [-0.1, -0.05) is 20.3 Å². The van der Waals surface area contributed by atoms with Crippen molar-refractivity contribution in [1.29, 1.82) is 0 Å². The first-order valence-corrected chi connectivity index (χ1v) is 6.04. The molecule has 2 unspecified atom stereocenters. The fourth-order valence-corrected chi connectivity index (χ4v) is 2.54. The van der Waals surface area contributed by atoms with Gasteiger partial charge < -0.3 is 14.8 Å². The lowest BCUT2D eigenvalue weighted by Gasteiger charge is -2.28. The van der Waals surface area contributed by atoms with E-state index in [1.807, 2.05) is 6.07 Å². The molecule has 90 valence electrons. The molecule has 1 aromatic heterocycles. The first kappa shape index (κ1) is 11.7. The molecule has 1 aromatic rings. The van der Waals surface area contributed by atoms with Gasteiger partial charge >= 0.3 is 0 Å². The maximum atomic E-state index is 9.88. The summed E-state index contributed by atoms with van der Waals surface area (Å²) in [6, 6.07) is 4.13. The van der Waals surface area contributed by atoms with Crippen LogP contribution in [-0.4, -0.2) is 17.7 Å². The smallest absolute Gasteiger partial charge is 0.133 e. The number of furan rings is 1.